The molecule has 1 aliphatic heterocycles. The van der Waals surface area contributed by atoms with Gasteiger partial charge in [0.2, 0.25) is 0 Å². The van der Waals surface area contributed by atoms with Gasteiger partial charge in [-0.25, -0.2) is 4.39 Å². The minimum Gasteiger partial charge on any atom is -0.379 e. The molecule has 0 aromatic heterocycles. The molecule has 1 aliphatic rings. The van der Waals surface area contributed by atoms with Crippen LogP contribution in [0.4, 0.5) is 10.1 Å². The highest BCUT2D eigenvalue weighted by molar-refractivity contribution is 6.00. The van der Waals surface area contributed by atoms with Crippen LogP contribution in [-0.2, 0) is 4.79 Å². The highest BCUT2D eigenvalue weighted by Gasteiger charge is 2.22. The van der Waals surface area contributed by atoms with Gasteiger partial charge in [0.05, 0.1) is 12.3 Å². The number of anilines is 1. The van der Waals surface area contributed by atoms with Gasteiger partial charge in [-0.15, -0.1) is 0 Å². The van der Waals surface area contributed by atoms with E-state index in [4.69, 9.17) is 0 Å². The number of carbonyl (C=O) groups excluding carboxylic acids is 1. The van der Waals surface area contributed by atoms with E-state index in [-0.39, 0.29) is 11.7 Å². The molecule has 2 aromatic carbocycles. The summed E-state index contributed by atoms with van der Waals surface area (Å²) in [5.74, 6) is -0.270. The van der Waals surface area contributed by atoms with Crippen LogP contribution in [0.2, 0.25) is 0 Å². The second-order valence-corrected chi connectivity index (χ2v) is 6.26. The molecule has 6 heteroatoms. The average Bonchev–Trinajstić information content (AvgIpc) is 2.66. The Morgan fingerprint density at radius 3 is 2.67 bits per heavy atom. The zero-order valence-electron chi connectivity index (χ0n) is 15.3. The number of aryl methyl sites for hydroxylation is 1. The molecule has 27 heavy (non-hydrogen) atoms. The summed E-state index contributed by atoms with van der Waals surface area (Å²) in [5, 5.41) is 11.8. The van der Waals surface area contributed by atoms with Crippen molar-refractivity contribution in [3.63, 3.8) is 0 Å². The predicted octanol–water partition coefficient (Wildman–Crippen LogP) is 3.76. The Hall–Kier alpha value is -3.41. The number of halogens is 1. The monoisotopic (exact) mass is 364 g/mol. The summed E-state index contributed by atoms with van der Waals surface area (Å²) in [4.78, 5) is 12.5. The lowest BCUT2D eigenvalue weighted by Crippen LogP contribution is -2.38. The van der Waals surface area contributed by atoms with Gasteiger partial charge in [0.25, 0.3) is 5.91 Å². The number of benzene rings is 2. The summed E-state index contributed by atoms with van der Waals surface area (Å²) >= 11 is 0. The topological polar surface area (TPSA) is 56.7 Å². The lowest BCUT2D eigenvalue weighted by atomic mass is 10.1. The highest BCUT2D eigenvalue weighted by atomic mass is 19.1. The quantitative estimate of drug-likeness (QED) is 0.795. The third-order valence-corrected chi connectivity index (χ3v) is 4.16. The minimum absolute atomic E-state index is 0.307. The lowest BCUT2D eigenvalue weighted by molar-refractivity contribution is -0.125. The van der Waals surface area contributed by atoms with Crippen molar-refractivity contribution in [2.75, 3.05) is 11.9 Å². The molecule has 0 aliphatic carbocycles. The van der Waals surface area contributed by atoms with Crippen molar-refractivity contribution in [1.29, 1.82) is 0 Å². The smallest absolute Gasteiger partial charge is 0.274 e. The fourth-order valence-corrected chi connectivity index (χ4v) is 2.60. The Labute approximate surface area is 157 Å². The van der Waals surface area contributed by atoms with Gasteiger partial charge < -0.3 is 10.6 Å². The van der Waals surface area contributed by atoms with Crippen molar-refractivity contribution in [1.82, 2.24) is 10.3 Å². The van der Waals surface area contributed by atoms with Crippen LogP contribution in [0.1, 0.15) is 18.1 Å². The number of nitrogens with zero attached hydrogens (tertiary/aromatic N) is 2. The highest BCUT2D eigenvalue weighted by Crippen LogP contribution is 2.15. The molecular weight excluding hydrogens is 343 g/mol. The first kappa shape index (κ1) is 18.4. The van der Waals surface area contributed by atoms with Gasteiger partial charge >= 0.3 is 0 Å². The van der Waals surface area contributed by atoms with E-state index in [1.807, 2.05) is 30.3 Å². The number of rotatable bonds is 5. The number of amides is 1. The van der Waals surface area contributed by atoms with E-state index in [0.29, 0.717) is 34.9 Å². The molecule has 1 amide bonds. The van der Waals surface area contributed by atoms with Gasteiger partial charge in [-0.2, -0.15) is 10.1 Å². The largest absolute Gasteiger partial charge is 0.379 e. The molecular formula is C21H21FN4O. The zero-order valence-corrected chi connectivity index (χ0v) is 15.3. The van der Waals surface area contributed by atoms with Crippen molar-refractivity contribution < 1.29 is 9.18 Å². The van der Waals surface area contributed by atoms with Gasteiger partial charge in [0.15, 0.2) is 0 Å². The standard InChI is InChI=1S/C21H21FN4O/c1-14-9-10-17(11-20(14)22)15(2)25-26-16(3)24-19(12-21(26)27)13-23-18-7-5-4-6-8-18/h4-12,23-24H,3,13H2,1-2H3/b25-15+. The summed E-state index contributed by atoms with van der Waals surface area (Å²) in [6.07, 6.45) is 1.47. The van der Waals surface area contributed by atoms with Crippen molar-refractivity contribution in [3.05, 3.63) is 89.6 Å². The Morgan fingerprint density at radius 2 is 2.00 bits per heavy atom. The fraction of sp³-hybridized carbons (Fsp3) is 0.143. The molecule has 3 rings (SSSR count). The molecule has 5 nitrogen and oxygen atoms in total. The maximum absolute atomic E-state index is 13.8. The molecule has 0 radical (unpaired) electrons. The summed E-state index contributed by atoms with van der Waals surface area (Å²) < 4.78 is 13.8. The average molecular weight is 364 g/mol. The molecule has 1 heterocycles. The maximum atomic E-state index is 13.8. The SMILES string of the molecule is C=C1NC(CNc2ccccc2)=CC(=O)N1/N=C(\C)c1ccc(C)c(F)c1. The van der Waals surface area contributed by atoms with Crippen LogP contribution in [-0.4, -0.2) is 23.2 Å². The number of para-hydroxylation sites is 1. The number of carbonyl (C=O) groups is 1. The first-order chi connectivity index (χ1) is 12.9. The van der Waals surface area contributed by atoms with E-state index in [1.54, 1.807) is 26.0 Å². The van der Waals surface area contributed by atoms with Gasteiger partial charge in [-0.1, -0.05) is 36.9 Å². The third-order valence-electron chi connectivity index (χ3n) is 4.16. The Morgan fingerprint density at radius 1 is 1.26 bits per heavy atom. The van der Waals surface area contributed by atoms with E-state index in [1.165, 1.54) is 17.2 Å². The molecule has 0 fully saturated rings. The Bertz CT molecular complexity index is 934. The minimum atomic E-state index is -0.310. The van der Waals surface area contributed by atoms with Crippen LogP contribution in [0, 0.1) is 12.7 Å². The fourth-order valence-electron chi connectivity index (χ4n) is 2.60. The molecule has 0 spiro atoms. The van der Waals surface area contributed by atoms with Crippen molar-refractivity contribution >= 4 is 17.3 Å². The summed E-state index contributed by atoms with van der Waals surface area (Å²) in [6, 6.07) is 14.6. The summed E-state index contributed by atoms with van der Waals surface area (Å²) in [5.41, 5.74) is 3.34. The van der Waals surface area contributed by atoms with Crippen LogP contribution < -0.4 is 10.6 Å². The summed E-state index contributed by atoms with van der Waals surface area (Å²) in [6.45, 7) is 7.75. The lowest BCUT2D eigenvalue weighted by Gasteiger charge is -2.26. The molecule has 2 N–H and O–H groups in total. The van der Waals surface area contributed by atoms with Crippen LogP contribution >= 0.6 is 0 Å². The number of hydrazone groups is 1. The van der Waals surface area contributed by atoms with E-state index >= 15 is 0 Å². The van der Waals surface area contributed by atoms with Crippen molar-refractivity contribution in [2.24, 2.45) is 5.10 Å². The normalized spacial score (nSPS) is 14.7. The zero-order chi connectivity index (χ0) is 19.4. The van der Waals surface area contributed by atoms with E-state index in [9.17, 15) is 9.18 Å². The van der Waals surface area contributed by atoms with Crippen molar-refractivity contribution in [2.45, 2.75) is 13.8 Å². The van der Waals surface area contributed by atoms with E-state index in [2.05, 4.69) is 22.3 Å². The second-order valence-electron chi connectivity index (χ2n) is 6.26. The van der Waals surface area contributed by atoms with Gasteiger partial charge in [0, 0.05) is 23.0 Å². The van der Waals surface area contributed by atoms with Crippen LogP contribution in [0.15, 0.2) is 77.8 Å². The van der Waals surface area contributed by atoms with Gasteiger partial charge in [0.1, 0.15) is 11.6 Å². The van der Waals surface area contributed by atoms with Crippen LogP contribution in [0.3, 0.4) is 0 Å². The Kier molecular flexibility index (Phi) is 5.35. The van der Waals surface area contributed by atoms with E-state index < -0.39 is 0 Å². The number of nitrogens with one attached hydrogen (secondary N) is 2. The summed E-state index contributed by atoms with van der Waals surface area (Å²) in [7, 11) is 0. The Balaban J connectivity index is 1.72. The second kappa shape index (κ2) is 7.86. The van der Waals surface area contributed by atoms with Gasteiger partial charge in [-0.3, -0.25) is 4.79 Å². The van der Waals surface area contributed by atoms with Gasteiger partial charge in [-0.05, 0) is 37.6 Å². The predicted molar refractivity (Wildman–Crippen MR) is 105 cm³/mol. The van der Waals surface area contributed by atoms with E-state index in [0.717, 1.165) is 5.69 Å². The molecule has 0 saturated carbocycles. The molecule has 2 aromatic rings. The molecule has 0 bridgehead atoms. The van der Waals surface area contributed by atoms with Crippen LogP contribution in [0.5, 0.6) is 0 Å². The molecule has 0 saturated heterocycles. The van der Waals surface area contributed by atoms with Crippen LogP contribution in [0.25, 0.3) is 0 Å². The molecule has 138 valence electrons. The maximum Gasteiger partial charge on any atom is 0.274 e. The first-order valence-electron chi connectivity index (χ1n) is 8.55. The molecule has 0 unspecified atom stereocenters. The number of hydrogen-bond donors (Lipinski definition) is 2. The van der Waals surface area contributed by atoms with Crippen molar-refractivity contribution in [3.8, 4) is 0 Å². The number of hydrogen-bond acceptors (Lipinski definition) is 4. The first-order valence-corrected chi connectivity index (χ1v) is 8.55. The molecule has 0 atom stereocenters. The third kappa shape index (κ3) is 4.41.